The van der Waals surface area contributed by atoms with Crippen LogP contribution < -0.4 is 10.6 Å². The Balaban J connectivity index is 1.47. The highest BCUT2D eigenvalue weighted by atomic mass is 32.1. The molecular weight excluding hydrogens is 352 g/mol. The van der Waals surface area contributed by atoms with Crippen LogP contribution in [0.1, 0.15) is 17.4 Å². The lowest BCUT2D eigenvalue weighted by molar-refractivity contribution is -0.139. The Morgan fingerprint density at radius 3 is 2.46 bits per heavy atom. The van der Waals surface area contributed by atoms with E-state index in [1.54, 1.807) is 35.6 Å². The standard InChI is InChI=1S/C19H18N2O4S/c22-17(14-5-3-13(4-6-14)15-7-9-26-12-15)11-21-19(24)18(23)20-10-16-2-1-8-25-16/h1-9,12,17,22H,10-11H2,(H,20,23)(H,21,24). The zero-order valence-corrected chi connectivity index (χ0v) is 14.7. The fourth-order valence-corrected chi connectivity index (χ4v) is 3.04. The van der Waals surface area contributed by atoms with Crippen molar-refractivity contribution in [2.45, 2.75) is 12.6 Å². The Labute approximate surface area is 154 Å². The van der Waals surface area contributed by atoms with Crippen LogP contribution in [0.15, 0.2) is 63.9 Å². The van der Waals surface area contributed by atoms with E-state index >= 15 is 0 Å². The van der Waals surface area contributed by atoms with Crippen LogP contribution in [0.3, 0.4) is 0 Å². The van der Waals surface area contributed by atoms with Crippen molar-refractivity contribution in [3.05, 3.63) is 70.8 Å². The Kier molecular flexibility index (Phi) is 5.83. The molecule has 0 aliphatic heterocycles. The lowest BCUT2D eigenvalue weighted by atomic mass is 10.0. The molecule has 26 heavy (non-hydrogen) atoms. The quantitative estimate of drug-likeness (QED) is 0.581. The molecule has 0 bridgehead atoms. The Bertz CT molecular complexity index is 842. The second kappa shape index (κ2) is 8.46. The lowest BCUT2D eigenvalue weighted by Gasteiger charge is -2.12. The van der Waals surface area contributed by atoms with Crippen molar-refractivity contribution in [1.82, 2.24) is 10.6 Å². The van der Waals surface area contributed by atoms with Crippen LogP contribution >= 0.6 is 11.3 Å². The Morgan fingerprint density at radius 2 is 1.81 bits per heavy atom. The van der Waals surface area contributed by atoms with Crippen molar-refractivity contribution in [3.8, 4) is 11.1 Å². The van der Waals surface area contributed by atoms with E-state index in [2.05, 4.69) is 10.6 Å². The van der Waals surface area contributed by atoms with E-state index < -0.39 is 17.9 Å². The van der Waals surface area contributed by atoms with Gasteiger partial charge in [0, 0.05) is 6.54 Å². The first-order valence-corrected chi connectivity index (χ1v) is 8.97. The van der Waals surface area contributed by atoms with Gasteiger partial charge in [0.05, 0.1) is 18.9 Å². The number of aliphatic hydroxyl groups is 1. The fourth-order valence-electron chi connectivity index (χ4n) is 2.37. The number of nitrogens with one attached hydrogen (secondary N) is 2. The molecule has 2 amide bonds. The molecule has 0 aliphatic rings. The molecule has 1 atom stereocenters. The minimum Gasteiger partial charge on any atom is -0.467 e. The Morgan fingerprint density at radius 1 is 1.04 bits per heavy atom. The smallest absolute Gasteiger partial charge is 0.309 e. The highest BCUT2D eigenvalue weighted by molar-refractivity contribution is 7.08. The average molecular weight is 370 g/mol. The molecule has 1 unspecified atom stereocenters. The van der Waals surface area contributed by atoms with Crippen LogP contribution in [-0.4, -0.2) is 23.5 Å². The molecule has 6 nitrogen and oxygen atoms in total. The average Bonchev–Trinajstić information content (AvgIpc) is 3.37. The van der Waals surface area contributed by atoms with Crippen LogP contribution in [0.2, 0.25) is 0 Å². The van der Waals surface area contributed by atoms with Gasteiger partial charge in [-0.15, -0.1) is 0 Å². The van der Waals surface area contributed by atoms with Gasteiger partial charge in [0.2, 0.25) is 0 Å². The zero-order chi connectivity index (χ0) is 18.4. The van der Waals surface area contributed by atoms with Crippen molar-refractivity contribution >= 4 is 23.2 Å². The van der Waals surface area contributed by atoms with Gasteiger partial charge in [-0.05, 0) is 45.6 Å². The molecule has 0 saturated carbocycles. The molecule has 134 valence electrons. The number of hydrogen-bond acceptors (Lipinski definition) is 5. The predicted octanol–water partition coefficient (Wildman–Crippen LogP) is 2.47. The van der Waals surface area contributed by atoms with Gasteiger partial charge in [-0.1, -0.05) is 24.3 Å². The molecule has 0 fully saturated rings. The zero-order valence-electron chi connectivity index (χ0n) is 13.8. The van der Waals surface area contributed by atoms with Crippen LogP contribution in [0.25, 0.3) is 11.1 Å². The molecule has 0 spiro atoms. The number of amides is 2. The summed E-state index contributed by atoms with van der Waals surface area (Å²) in [5.74, 6) is -1.02. The summed E-state index contributed by atoms with van der Waals surface area (Å²) in [6.45, 7) is 0.0800. The summed E-state index contributed by atoms with van der Waals surface area (Å²) in [5.41, 5.74) is 2.85. The summed E-state index contributed by atoms with van der Waals surface area (Å²) in [4.78, 5) is 23.5. The maximum absolute atomic E-state index is 11.8. The fraction of sp³-hybridized carbons (Fsp3) is 0.158. The third-order valence-corrected chi connectivity index (χ3v) is 4.50. The first-order chi connectivity index (χ1) is 12.6. The number of rotatable bonds is 6. The van der Waals surface area contributed by atoms with E-state index in [0.29, 0.717) is 11.3 Å². The van der Waals surface area contributed by atoms with Gasteiger partial charge in [0.1, 0.15) is 5.76 Å². The van der Waals surface area contributed by atoms with Crippen molar-refractivity contribution < 1.29 is 19.1 Å². The van der Waals surface area contributed by atoms with E-state index in [1.165, 1.54) is 6.26 Å². The van der Waals surface area contributed by atoms with E-state index in [-0.39, 0.29) is 13.1 Å². The van der Waals surface area contributed by atoms with E-state index in [0.717, 1.165) is 11.1 Å². The number of benzene rings is 1. The summed E-state index contributed by atoms with van der Waals surface area (Å²) in [6, 6.07) is 12.9. The second-order valence-corrected chi connectivity index (χ2v) is 6.40. The van der Waals surface area contributed by atoms with Crippen molar-refractivity contribution in [2.75, 3.05) is 6.54 Å². The lowest BCUT2D eigenvalue weighted by Crippen LogP contribution is -2.41. The van der Waals surface area contributed by atoms with Gasteiger partial charge < -0.3 is 20.2 Å². The number of furan rings is 1. The van der Waals surface area contributed by atoms with Crippen LogP contribution in [0.4, 0.5) is 0 Å². The van der Waals surface area contributed by atoms with Gasteiger partial charge in [0.15, 0.2) is 0 Å². The number of carbonyl (C=O) groups is 2. The van der Waals surface area contributed by atoms with Crippen molar-refractivity contribution in [2.24, 2.45) is 0 Å². The van der Waals surface area contributed by atoms with Crippen LogP contribution in [0, 0.1) is 0 Å². The summed E-state index contributed by atoms with van der Waals surface area (Å²) in [5, 5.41) is 19.1. The third-order valence-electron chi connectivity index (χ3n) is 3.82. The molecule has 2 aromatic heterocycles. The van der Waals surface area contributed by atoms with E-state index in [1.807, 2.05) is 29.0 Å². The molecule has 3 aromatic rings. The third kappa shape index (κ3) is 4.59. The maximum atomic E-state index is 11.8. The summed E-state index contributed by atoms with van der Waals surface area (Å²) >= 11 is 1.62. The first kappa shape index (κ1) is 17.9. The summed E-state index contributed by atoms with van der Waals surface area (Å²) in [6.07, 6.45) is 0.593. The van der Waals surface area contributed by atoms with Crippen LogP contribution in [-0.2, 0) is 16.1 Å². The van der Waals surface area contributed by atoms with E-state index in [4.69, 9.17) is 4.42 Å². The highest BCUT2D eigenvalue weighted by Crippen LogP contribution is 2.23. The van der Waals surface area contributed by atoms with Crippen LogP contribution in [0.5, 0.6) is 0 Å². The van der Waals surface area contributed by atoms with Gasteiger partial charge >= 0.3 is 11.8 Å². The number of hydrogen-bond donors (Lipinski definition) is 3. The van der Waals surface area contributed by atoms with Crippen molar-refractivity contribution in [3.63, 3.8) is 0 Å². The molecule has 0 aliphatic carbocycles. The largest absolute Gasteiger partial charge is 0.467 e. The van der Waals surface area contributed by atoms with E-state index in [9.17, 15) is 14.7 Å². The molecule has 0 radical (unpaired) electrons. The normalized spacial score (nSPS) is 11.7. The van der Waals surface area contributed by atoms with Gasteiger partial charge in [-0.2, -0.15) is 11.3 Å². The molecule has 7 heteroatoms. The van der Waals surface area contributed by atoms with Gasteiger partial charge in [-0.3, -0.25) is 9.59 Å². The first-order valence-electron chi connectivity index (χ1n) is 8.02. The Hall–Kier alpha value is -2.90. The van der Waals surface area contributed by atoms with Crippen molar-refractivity contribution in [1.29, 1.82) is 0 Å². The summed E-state index contributed by atoms with van der Waals surface area (Å²) in [7, 11) is 0. The van der Waals surface area contributed by atoms with Gasteiger partial charge in [0.25, 0.3) is 0 Å². The number of thiophene rings is 1. The molecular formula is C19H18N2O4S. The number of aliphatic hydroxyl groups excluding tert-OH is 1. The topological polar surface area (TPSA) is 91.6 Å². The SMILES string of the molecule is O=C(NCc1ccco1)C(=O)NCC(O)c1ccc(-c2ccsc2)cc1. The maximum Gasteiger partial charge on any atom is 0.309 e. The highest BCUT2D eigenvalue weighted by Gasteiger charge is 2.16. The summed E-state index contributed by atoms with van der Waals surface area (Å²) < 4.78 is 5.07. The molecule has 1 aromatic carbocycles. The number of carbonyl (C=O) groups excluding carboxylic acids is 2. The molecule has 2 heterocycles. The minimum absolute atomic E-state index is 0.0508. The molecule has 0 saturated heterocycles. The minimum atomic E-state index is -0.895. The van der Waals surface area contributed by atoms with Gasteiger partial charge in [-0.25, -0.2) is 0 Å². The molecule has 3 rings (SSSR count). The second-order valence-electron chi connectivity index (χ2n) is 5.62. The predicted molar refractivity (Wildman–Crippen MR) is 98.3 cm³/mol. The molecule has 3 N–H and O–H groups in total. The monoisotopic (exact) mass is 370 g/mol.